The lowest BCUT2D eigenvalue weighted by molar-refractivity contribution is -0.150. The van der Waals surface area contributed by atoms with Gasteiger partial charge in [-0.3, -0.25) is 0 Å². The summed E-state index contributed by atoms with van der Waals surface area (Å²) in [6.07, 6.45) is 3.94. The summed E-state index contributed by atoms with van der Waals surface area (Å²) in [5.74, 6) is -0.424. The fraction of sp³-hybridized carbons (Fsp3) is 0.375. The molecular formula is C16H19NO4. The number of hydrogen-bond donors (Lipinski definition) is 1. The molecule has 1 aromatic carbocycles. The maximum absolute atomic E-state index is 12.0. The van der Waals surface area contributed by atoms with Crippen LogP contribution in [-0.4, -0.2) is 24.2 Å². The molecule has 21 heavy (non-hydrogen) atoms. The summed E-state index contributed by atoms with van der Waals surface area (Å²) < 4.78 is 10.2. The van der Waals surface area contributed by atoms with E-state index in [2.05, 4.69) is 5.32 Å². The van der Waals surface area contributed by atoms with E-state index in [0.717, 1.165) is 5.56 Å². The quantitative estimate of drug-likeness (QED) is 0.668. The molecule has 0 heterocycles. The summed E-state index contributed by atoms with van der Waals surface area (Å²) in [5.41, 5.74) is -0.133. The summed E-state index contributed by atoms with van der Waals surface area (Å²) in [6, 6.07) is 9.37. The van der Waals surface area contributed by atoms with Crippen LogP contribution in [-0.2, 0) is 20.9 Å². The number of esters is 1. The fourth-order valence-electron chi connectivity index (χ4n) is 2.20. The van der Waals surface area contributed by atoms with Gasteiger partial charge in [-0.05, 0) is 25.3 Å². The minimum Gasteiger partial charge on any atom is -0.464 e. The van der Waals surface area contributed by atoms with Crippen molar-refractivity contribution in [2.75, 3.05) is 6.61 Å². The summed E-state index contributed by atoms with van der Waals surface area (Å²) in [4.78, 5) is 24.0. The molecule has 0 unspecified atom stereocenters. The number of hydrogen-bond acceptors (Lipinski definition) is 4. The first-order valence-electron chi connectivity index (χ1n) is 6.97. The van der Waals surface area contributed by atoms with E-state index in [9.17, 15) is 9.59 Å². The molecule has 0 bridgehead atoms. The molecule has 1 aromatic rings. The van der Waals surface area contributed by atoms with Crippen molar-refractivity contribution in [2.24, 2.45) is 0 Å². The first-order chi connectivity index (χ1) is 10.2. The summed E-state index contributed by atoms with van der Waals surface area (Å²) in [7, 11) is 0. The molecule has 0 spiro atoms. The van der Waals surface area contributed by atoms with Gasteiger partial charge in [-0.15, -0.1) is 0 Å². The van der Waals surface area contributed by atoms with Crippen LogP contribution in [0, 0.1) is 0 Å². The Morgan fingerprint density at radius 3 is 2.43 bits per heavy atom. The van der Waals surface area contributed by atoms with Crippen molar-refractivity contribution in [1.82, 2.24) is 5.32 Å². The van der Waals surface area contributed by atoms with Crippen molar-refractivity contribution in [3.63, 3.8) is 0 Å². The van der Waals surface area contributed by atoms with Gasteiger partial charge in [0.1, 0.15) is 12.1 Å². The van der Waals surface area contributed by atoms with Gasteiger partial charge in [0, 0.05) is 0 Å². The molecule has 112 valence electrons. The third-order valence-electron chi connectivity index (χ3n) is 3.32. The van der Waals surface area contributed by atoms with Crippen LogP contribution in [0.25, 0.3) is 0 Å². The van der Waals surface area contributed by atoms with E-state index in [4.69, 9.17) is 9.47 Å². The molecule has 1 N–H and O–H groups in total. The molecule has 0 saturated heterocycles. The smallest absolute Gasteiger partial charge is 0.408 e. The first kappa shape index (κ1) is 15.1. The Hall–Kier alpha value is -2.30. The highest BCUT2D eigenvalue weighted by Crippen LogP contribution is 2.25. The predicted octanol–water partition coefficient (Wildman–Crippen LogP) is 2.56. The Labute approximate surface area is 123 Å². The van der Waals surface area contributed by atoms with E-state index >= 15 is 0 Å². The van der Waals surface area contributed by atoms with Gasteiger partial charge in [0.25, 0.3) is 0 Å². The number of nitrogens with one attached hydrogen (secondary N) is 1. The van der Waals surface area contributed by atoms with E-state index in [0.29, 0.717) is 12.8 Å². The van der Waals surface area contributed by atoms with E-state index in [-0.39, 0.29) is 13.2 Å². The van der Waals surface area contributed by atoms with Gasteiger partial charge in [-0.1, -0.05) is 42.5 Å². The molecule has 0 aromatic heterocycles. The zero-order chi connectivity index (χ0) is 15.1. The SMILES string of the molecule is CCOC(=O)C1(NC(=O)OCc2ccccc2)CC=CC1. The Bertz CT molecular complexity index is 516. The molecule has 0 fully saturated rings. The molecule has 0 radical (unpaired) electrons. The van der Waals surface area contributed by atoms with Gasteiger partial charge in [0.05, 0.1) is 6.61 Å². The number of carbonyl (C=O) groups is 2. The zero-order valence-electron chi connectivity index (χ0n) is 12.0. The van der Waals surface area contributed by atoms with Crippen LogP contribution in [0.5, 0.6) is 0 Å². The zero-order valence-corrected chi connectivity index (χ0v) is 12.0. The average Bonchev–Trinajstić information content (AvgIpc) is 2.96. The van der Waals surface area contributed by atoms with E-state index in [1.807, 2.05) is 42.5 Å². The number of rotatable bonds is 5. The minimum atomic E-state index is -1.02. The summed E-state index contributed by atoms with van der Waals surface area (Å²) in [5, 5.41) is 2.65. The molecule has 1 aliphatic rings. The highest BCUT2D eigenvalue weighted by molar-refractivity contribution is 5.86. The number of benzene rings is 1. The highest BCUT2D eigenvalue weighted by atomic mass is 16.6. The molecule has 5 heteroatoms. The molecule has 5 nitrogen and oxygen atoms in total. The Morgan fingerprint density at radius 1 is 1.14 bits per heavy atom. The second-order valence-electron chi connectivity index (χ2n) is 4.87. The number of alkyl carbamates (subject to hydrolysis) is 1. The Balaban J connectivity index is 1.91. The summed E-state index contributed by atoms with van der Waals surface area (Å²) in [6.45, 7) is 2.18. The van der Waals surface area contributed by atoms with Crippen LogP contribution in [0.15, 0.2) is 42.5 Å². The lowest BCUT2D eigenvalue weighted by atomic mass is 9.97. The largest absolute Gasteiger partial charge is 0.464 e. The van der Waals surface area contributed by atoms with E-state index in [1.165, 1.54) is 0 Å². The van der Waals surface area contributed by atoms with Gasteiger partial charge in [0.2, 0.25) is 0 Å². The van der Waals surface area contributed by atoms with Gasteiger partial charge in [-0.25, -0.2) is 9.59 Å². The van der Waals surface area contributed by atoms with Crippen LogP contribution >= 0.6 is 0 Å². The number of ether oxygens (including phenoxy) is 2. The molecule has 0 saturated carbocycles. The molecule has 2 rings (SSSR count). The van der Waals surface area contributed by atoms with Crippen LogP contribution in [0.2, 0.25) is 0 Å². The second kappa shape index (κ2) is 6.92. The van der Waals surface area contributed by atoms with Crippen molar-refractivity contribution in [3.8, 4) is 0 Å². The average molecular weight is 289 g/mol. The monoisotopic (exact) mass is 289 g/mol. The van der Waals surface area contributed by atoms with Gasteiger partial charge in [-0.2, -0.15) is 0 Å². The lowest BCUT2D eigenvalue weighted by Gasteiger charge is -2.27. The third-order valence-corrected chi connectivity index (χ3v) is 3.32. The molecular weight excluding hydrogens is 270 g/mol. The molecule has 1 amide bonds. The van der Waals surface area contributed by atoms with Crippen molar-refractivity contribution in [3.05, 3.63) is 48.0 Å². The molecule has 0 atom stereocenters. The van der Waals surface area contributed by atoms with Crippen LogP contribution in [0.1, 0.15) is 25.3 Å². The van der Waals surface area contributed by atoms with Crippen LogP contribution < -0.4 is 5.32 Å². The number of carbonyl (C=O) groups excluding carboxylic acids is 2. The topological polar surface area (TPSA) is 64.6 Å². The second-order valence-corrected chi connectivity index (χ2v) is 4.87. The third kappa shape index (κ3) is 3.84. The Kier molecular flexibility index (Phi) is 4.98. The van der Waals surface area contributed by atoms with Crippen molar-refractivity contribution in [1.29, 1.82) is 0 Å². The fourth-order valence-corrected chi connectivity index (χ4v) is 2.20. The highest BCUT2D eigenvalue weighted by Gasteiger charge is 2.42. The predicted molar refractivity (Wildman–Crippen MR) is 77.5 cm³/mol. The van der Waals surface area contributed by atoms with Crippen molar-refractivity contribution in [2.45, 2.75) is 31.9 Å². The first-order valence-corrected chi connectivity index (χ1v) is 6.97. The lowest BCUT2D eigenvalue weighted by Crippen LogP contribution is -2.53. The van der Waals surface area contributed by atoms with Gasteiger partial charge in [0.15, 0.2) is 0 Å². The molecule has 0 aliphatic heterocycles. The number of amides is 1. The molecule has 1 aliphatic carbocycles. The van der Waals surface area contributed by atoms with E-state index < -0.39 is 17.6 Å². The standard InChI is InChI=1S/C16H19NO4/c1-2-20-14(18)16(10-6-7-11-16)17-15(19)21-12-13-8-4-3-5-9-13/h3-9H,2,10-12H2,1H3,(H,17,19). The minimum absolute atomic E-state index is 0.166. The van der Waals surface area contributed by atoms with Gasteiger partial charge < -0.3 is 14.8 Å². The van der Waals surface area contributed by atoms with Crippen LogP contribution in [0.4, 0.5) is 4.79 Å². The van der Waals surface area contributed by atoms with Gasteiger partial charge >= 0.3 is 12.1 Å². The summed E-state index contributed by atoms with van der Waals surface area (Å²) >= 11 is 0. The van der Waals surface area contributed by atoms with Crippen molar-refractivity contribution < 1.29 is 19.1 Å². The maximum Gasteiger partial charge on any atom is 0.408 e. The maximum atomic E-state index is 12.0. The normalized spacial score (nSPS) is 15.5. The Morgan fingerprint density at radius 2 is 1.81 bits per heavy atom. The van der Waals surface area contributed by atoms with Crippen LogP contribution in [0.3, 0.4) is 0 Å². The van der Waals surface area contributed by atoms with E-state index in [1.54, 1.807) is 6.92 Å². The van der Waals surface area contributed by atoms with Crippen molar-refractivity contribution >= 4 is 12.1 Å².